The molecule has 0 heterocycles. The summed E-state index contributed by atoms with van der Waals surface area (Å²) in [5.41, 5.74) is -0.227. The summed E-state index contributed by atoms with van der Waals surface area (Å²) in [4.78, 5) is 21.7. The number of carbonyl (C=O) groups excluding carboxylic acids is 1. The van der Waals surface area contributed by atoms with E-state index in [1.807, 2.05) is 0 Å². The fourth-order valence-corrected chi connectivity index (χ4v) is 1.37. The lowest BCUT2D eigenvalue weighted by atomic mass is 10.2. The zero-order chi connectivity index (χ0) is 13.5. The second-order valence-electron chi connectivity index (χ2n) is 3.73. The normalized spacial score (nSPS) is 10.1. The molecule has 0 aliphatic rings. The molecule has 0 saturated heterocycles. The molecule has 1 rings (SSSR count). The van der Waals surface area contributed by atoms with Crippen molar-refractivity contribution in [3.8, 4) is 0 Å². The van der Waals surface area contributed by atoms with Crippen molar-refractivity contribution >= 4 is 11.9 Å². The molecule has 1 aromatic rings. The average molecular weight is 257 g/mol. The first-order valence-corrected chi connectivity index (χ1v) is 5.45. The minimum atomic E-state index is -0.918. The van der Waals surface area contributed by atoms with Crippen molar-refractivity contribution in [3.05, 3.63) is 35.4 Å². The highest BCUT2D eigenvalue weighted by atomic mass is 19.1. The Bertz CT molecular complexity index is 449. The van der Waals surface area contributed by atoms with E-state index in [9.17, 15) is 18.4 Å². The number of unbranched alkanes of at least 4 members (excludes halogenated alkanes) is 1. The summed E-state index contributed by atoms with van der Waals surface area (Å²) in [5.74, 6) is -3.20. The lowest BCUT2D eigenvalue weighted by Crippen LogP contribution is -2.25. The Morgan fingerprint density at radius 1 is 1.22 bits per heavy atom. The standard InChI is InChI=1S/C12H13F2NO3/c13-8-4-5-9(10(14)7-8)12(18)15-6-2-1-3-11(16)17/h4-5,7H,1-3,6H2,(H,15,18)(H,16,17). The van der Waals surface area contributed by atoms with Crippen LogP contribution in [0, 0.1) is 11.6 Å². The number of benzene rings is 1. The molecule has 1 amide bonds. The highest BCUT2D eigenvalue weighted by Gasteiger charge is 2.11. The molecule has 0 unspecified atom stereocenters. The highest BCUT2D eigenvalue weighted by molar-refractivity contribution is 5.94. The molecule has 4 nitrogen and oxygen atoms in total. The van der Waals surface area contributed by atoms with Crippen LogP contribution in [0.25, 0.3) is 0 Å². The summed E-state index contributed by atoms with van der Waals surface area (Å²) in [7, 11) is 0. The first kappa shape index (κ1) is 14.1. The zero-order valence-corrected chi connectivity index (χ0v) is 9.58. The van der Waals surface area contributed by atoms with E-state index in [0.717, 1.165) is 12.1 Å². The number of carbonyl (C=O) groups is 2. The Morgan fingerprint density at radius 3 is 2.56 bits per heavy atom. The van der Waals surface area contributed by atoms with Gasteiger partial charge in [-0.05, 0) is 25.0 Å². The molecular formula is C12H13F2NO3. The van der Waals surface area contributed by atoms with E-state index in [1.165, 1.54) is 0 Å². The van der Waals surface area contributed by atoms with Crippen LogP contribution in [0.5, 0.6) is 0 Å². The van der Waals surface area contributed by atoms with Crippen LogP contribution in [0.1, 0.15) is 29.6 Å². The van der Waals surface area contributed by atoms with Crippen molar-refractivity contribution in [2.75, 3.05) is 6.54 Å². The van der Waals surface area contributed by atoms with Crippen molar-refractivity contribution in [2.45, 2.75) is 19.3 Å². The van der Waals surface area contributed by atoms with Gasteiger partial charge < -0.3 is 10.4 Å². The number of carboxylic acids is 1. The molecule has 0 atom stereocenters. The Hall–Kier alpha value is -1.98. The van der Waals surface area contributed by atoms with Gasteiger partial charge in [-0.2, -0.15) is 0 Å². The summed E-state index contributed by atoms with van der Waals surface area (Å²) >= 11 is 0. The maximum atomic E-state index is 13.2. The van der Waals surface area contributed by atoms with E-state index in [2.05, 4.69) is 5.32 Å². The first-order valence-electron chi connectivity index (χ1n) is 5.45. The lowest BCUT2D eigenvalue weighted by molar-refractivity contribution is -0.137. The van der Waals surface area contributed by atoms with Crippen molar-refractivity contribution < 1.29 is 23.5 Å². The fourth-order valence-electron chi connectivity index (χ4n) is 1.37. The van der Waals surface area contributed by atoms with Gasteiger partial charge in [-0.1, -0.05) is 0 Å². The van der Waals surface area contributed by atoms with Crippen LogP contribution >= 0.6 is 0 Å². The van der Waals surface area contributed by atoms with Gasteiger partial charge >= 0.3 is 5.97 Å². The third kappa shape index (κ3) is 4.48. The molecule has 98 valence electrons. The Morgan fingerprint density at radius 2 is 1.94 bits per heavy atom. The predicted molar refractivity (Wildman–Crippen MR) is 60.2 cm³/mol. The molecule has 0 radical (unpaired) electrons. The summed E-state index contributed by atoms with van der Waals surface area (Å²) in [6.07, 6.45) is 0.948. The molecule has 18 heavy (non-hydrogen) atoms. The zero-order valence-electron chi connectivity index (χ0n) is 9.58. The summed E-state index contributed by atoms with van der Waals surface area (Å²) in [5, 5.41) is 10.8. The maximum Gasteiger partial charge on any atom is 0.303 e. The minimum Gasteiger partial charge on any atom is -0.481 e. The summed E-state index contributed by atoms with van der Waals surface area (Å²) in [6.45, 7) is 0.253. The number of nitrogens with one attached hydrogen (secondary N) is 1. The number of hydrogen-bond acceptors (Lipinski definition) is 2. The van der Waals surface area contributed by atoms with Gasteiger partial charge in [0.15, 0.2) is 0 Å². The van der Waals surface area contributed by atoms with Crippen LogP contribution in [-0.2, 0) is 4.79 Å². The molecule has 0 aromatic heterocycles. The third-order valence-electron chi connectivity index (χ3n) is 2.28. The fraction of sp³-hybridized carbons (Fsp3) is 0.333. The Labute approximate surface area is 103 Å². The van der Waals surface area contributed by atoms with Gasteiger partial charge in [0.25, 0.3) is 5.91 Å². The molecule has 0 aliphatic heterocycles. The molecule has 0 bridgehead atoms. The molecule has 6 heteroatoms. The summed E-state index contributed by atoms with van der Waals surface area (Å²) in [6, 6.07) is 2.71. The number of halogens is 2. The van der Waals surface area contributed by atoms with E-state index >= 15 is 0 Å². The molecular weight excluding hydrogens is 244 g/mol. The van der Waals surface area contributed by atoms with Crippen LogP contribution in [0.2, 0.25) is 0 Å². The largest absolute Gasteiger partial charge is 0.481 e. The van der Waals surface area contributed by atoms with Gasteiger partial charge in [0, 0.05) is 19.0 Å². The van der Waals surface area contributed by atoms with Gasteiger partial charge in [0.05, 0.1) is 5.56 Å². The SMILES string of the molecule is O=C(O)CCCCNC(=O)c1ccc(F)cc1F. The molecule has 0 aliphatic carbocycles. The number of rotatable bonds is 6. The van der Waals surface area contributed by atoms with E-state index in [1.54, 1.807) is 0 Å². The third-order valence-corrected chi connectivity index (χ3v) is 2.28. The maximum absolute atomic E-state index is 13.2. The van der Waals surface area contributed by atoms with Crippen LogP contribution in [0.15, 0.2) is 18.2 Å². The van der Waals surface area contributed by atoms with Gasteiger partial charge in [-0.25, -0.2) is 8.78 Å². The van der Waals surface area contributed by atoms with Crippen LogP contribution in [-0.4, -0.2) is 23.5 Å². The van der Waals surface area contributed by atoms with E-state index in [0.29, 0.717) is 18.9 Å². The Balaban J connectivity index is 2.39. The Kier molecular flexibility index (Phi) is 5.23. The van der Waals surface area contributed by atoms with Gasteiger partial charge in [0.1, 0.15) is 11.6 Å². The number of amides is 1. The van der Waals surface area contributed by atoms with Crippen LogP contribution in [0.4, 0.5) is 8.78 Å². The highest BCUT2D eigenvalue weighted by Crippen LogP contribution is 2.09. The van der Waals surface area contributed by atoms with E-state index in [4.69, 9.17) is 5.11 Å². The van der Waals surface area contributed by atoms with Gasteiger partial charge in [-0.15, -0.1) is 0 Å². The second kappa shape index (κ2) is 6.68. The number of hydrogen-bond donors (Lipinski definition) is 2. The number of aliphatic carboxylic acids is 1. The topological polar surface area (TPSA) is 66.4 Å². The smallest absolute Gasteiger partial charge is 0.303 e. The summed E-state index contributed by atoms with van der Waals surface area (Å²) < 4.78 is 25.8. The quantitative estimate of drug-likeness (QED) is 0.765. The average Bonchev–Trinajstić information content (AvgIpc) is 2.27. The molecule has 1 aromatic carbocycles. The van der Waals surface area contributed by atoms with E-state index in [-0.39, 0.29) is 18.5 Å². The van der Waals surface area contributed by atoms with Crippen molar-refractivity contribution in [2.24, 2.45) is 0 Å². The number of carboxylic acid groups (broad SMARTS) is 1. The lowest BCUT2D eigenvalue weighted by Gasteiger charge is -2.05. The predicted octanol–water partition coefficient (Wildman–Crippen LogP) is 1.95. The minimum absolute atomic E-state index is 0.0286. The van der Waals surface area contributed by atoms with Crippen molar-refractivity contribution in [1.29, 1.82) is 0 Å². The molecule has 0 spiro atoms. The second-order valence-corrected chi connectivity index (χ2v) is 3.73. The van der Waals surface area contributed by atoms with Crippen LogP contribution in [0.3, 0.4) is 0 Å². The first-order chi connectivity index (χ1) is 8.50. The molecule has 0 saturated carbocycles. The van der Waals surface area contributed by atoms with E-state index < -0.39 is 23.5 Å². The van der Waals surface area contributed by atoms with Crippen molar-refractivity contribution in [1.82, 2.24) is 5.32 Å². The van der Waals surface area contributed by atoms with Crippen LogP contribution < -0.4 is 5.32 Å². The molecule has 0 fully saturated rings. The van der Waals surface area contributed by atoms with Gasteiger partial charge in [0.2, 0.25) is 0 Å². The molecule has 2 N–H and O–H groups in total. The van der Waals surface area contributed by atoms with Gasteiger partial charge in [-0.3, -0.25) is 9.59 Å². The monoisotopic (exact) mass is 257 g/mol. The van der Waals surface area contributed by atoms with Crippen molar-refractivity contribution in [3.63, 3.8) is 0 Å².